The molecule has 1 aliphatic carbocycles. The van der Waals surface area contributed by atoms with Crippen molar-refractivity contribution in [2.45, 2.75) is 18.9 Å². The lowest BCUT2D eigenvalue weighted by molar-refractivity contribution is 0.494. The molecule has 0 spiro atoms. The maximum absolute atomic E-state index is 13.8. The minimum absolute atomic E-state index is 0.274. The normalized spacial score (nSPS) is 30.5. The summed E-state index contributed by atoms with van der Waals surface area (Å²) in [7, 11) is 0. The Morgan fingerprint density at radius 3 is 2.44 bits per heavy atom. The van der Waals surface area contributed by atoms with Crippen LogP contribution in [0.15, 0.2) is 12.1 Å². The highest BCUT2D eigenvalue weighted by Crippen LogP contribution is 2.36. The van der Waals surface area contributed by atoms with Gasteiger partial charge < -0.3 is 10.6 Å². The molecule has 1 saturated carbocycles. The van der Waals surface area contributed by atoms with Gasteiger partial charge >= 0.3 is 0 Å². The molecule has 18 heavy (non-hydrogen) atoms. The fourth-order valence-corrected chi connectivity index (χ4v) is 3.56. The van der Waals surface area contributed by atoms with Gasteiger partial charge in [-0.3, -0.25) is 0 Å². The van der Waals surface area contributed by atoms with Crippen LogP contribution in [0.5, 0.6) is 0 Å². The lowest BCUT2D eigenvalue weighted by atomic mass is 10.0. The monoisotopic (exact) mass is 364 g/mol. The number of nitrogens with one attached hydrogen (secondary N) is 2. The predicted octanol–water partition coefficient (Wildman–Crippen LogP) is 2.98. The van der Waals surface area contributed by atoms with Crippen LogP contribution >= 0.6 is 22.6 Å². The third kappa shape index (κ3) is 2.22. The highest BCUT2D eigenvalue weighted by molar-refractivity contribution is 14.1. The van der Waals surface area contributed by atoms with Gasteiger partial charge in [0, 0.05) is 6.04 Å². The first kappa shape index (κ1) is 12.6. The molecular weight excluding hydrogens is 349 g/mol. The van der Waals surface area contributed by atoms with Crippen LogP contribution in [0.2, 0.25) is 0 Å². The van der Waals surface area contributed by atoms with E-state index in [1.54, 1.807) is 34.7 Å². The summed E-state index contributed by atoms with van der Waals surface area (Å²) in [5.41, 5.74) is 0.297. The Labute approximate surface area is 119 Å². The SMILES string of the molecule is Fc1c(I)ccc(NC2C[C@H]3CNC[C@H]3C2)c1F. The molecule has 1 aromatic rings. The summed E-state index contributed by atoms with van der Waals surface area (Å²) in [5.74, 6) is -0.115. The van der Waals surface area contributed by atoms with Gasteiger partial charge in [0.05, 0.1) is 9.26 Å². The first-order valence-corrected chi connectivity index (χ1v) is 7.33. The Bertz CT molecular complexity index is 455. The predicted molar refractivity (Wildman–Crippen MR) is 75.6 cm³/mol. The Morgan fingerprint density at radius 2 is 1.78 bits per heavy atom. The number of fused-ring (bicyclic) bond motifs is 1. The highest BCUT2D eigenvalue weighted by atomic mass is 127. The fraction of sp³-hybridized carbons (Fsp3) is 0.538. The van der Waals surface area contributed by atoms with E-state index in [0.29, 0.717) is 21.1 Å². The molecule has 2 N–H and O–H groups in total. The summed E-state index contributed by atoms with van der Waals surface area (Å²) in [6.45, 7) is 2.12. The molecule has 1 heterocycles. The fourth-order valence-electron chi connectivity index (χ4n) is 3.14. The molecule has 2 nitrogen and oxygen atoms in total. The largest absolute Gasteiger partial charge is 0.380 e. The summed E-state index contributed by atoms with van der Waals surface area (Å²) in [6.07, 6.45) is 2.09. The van der Waals surface area contributed by atoms with Crippen molar-refractivity contribution in [3.05, 3.63) is 27.3 Å². The summed E-state index contributed by atoms with van der Waals surface area (Å²) in [5, 5.41) is 6.53. The zero-order valence-electron chi connectivity index (χ0n) is 9.85. The maximum atomic E-state index is 13.8. The minimum atomic E-state index is -0.753. The molecule has 0 radical (unpaired) electrons. The first-order chi connectivity index (χ1) is 8.65. The Hall–Kier alpha value is -0.430. The first-order valence-electron chi connectivity index (χ1n) is 6.26. The zero-order chi connectivity index (χ0) is 12.7. The highest BCUT2D eigenvalue weighted by Gasteiger charge is 2.37. The van der Waals surface area contributed by atoms with E-state index in [9.17, 15) is 8.78 Å². The molecule has 2 fully saturated rings. The second kappa shape index (κ2) is 4.92. The van der Waals surface area contributed by atoms with Gasteiger partial charge in [-0.25, -0.2) is 8.78 Å². The van der Waals surface area contributed by atoms with Crippen molar-refractivity contribution in [2.75, 3.05) is 18.4 Å². The molecular formula is C13H15F2IN2. The zero-order valence-corrected chi connectivity index (χ0v) is 12.0. The van der Waals surface area contributed by atoms with E-state index in [-0.39, 0.29) is 6.04 Å². The van der Waals surface area contributed by atoms with Crippen LogP contribution in [0.1, 0.15) is 12.8 Å². The third-order valence-corrected chi connectivity index (χ3v) is 4.88. The Balaban J connectivity index is 1.72. The molecule has 2 aliphatic rings. The Kier molecular flexibility index (Phi) is 3.44. The van der Waals surface area contributed by atoms with Crippen LogP contribution in [0.3, 0.4) is 0 Å². The topological polar surface area (TPSA) is 24.1 Å². The van der Waals surface area contributed by atoms with Gasteiger partial charge in [0.2, 0.25) is 0 Å². The molecule has 5 heteroatoms. The number of halogens is 3. The lowest BCUT2D eigenvalue weighted by Gasteiger charge is -2.16. The van der Waals surface area contributed by atoms with Crippen molar-refractivity contribution in [1.29, 1.82) is 0 Å². The standard InChI is InChI=1S/C13H15F2IN2/c14-12-10(16)1-2-11(13(12)15)18-9-3-7-5-17-6-8(7)4-9/h1-2,7-9,17-18H,3-6H2/t7-,8+,9?. The van der Waals surface area contributed by atoms with E-state index in [2.05, 4.69) is 10.6 Å². The average molecular weight is 364 g/mol. The van der Waals surface area contributed by atoms with Gasteiger partial charge in [-0.1, -0.05) is 0 Å². The van der Waals surface area contributed by atoms with Crippen molar-refractivity contribution in [3.63, 3.8) is 0 Å². The van der Waals surface area contributed by atoms with Crippen LogP contribution in [-0.2, 0) is 0 Å². The second-order valence-electron chi connectivity index (χ2n) is 5.21. The van der Waals surface area contributed by atoms with E-state index in [1.807, 2.05) is 0 Å². The van der Waals surface area contributed by atoms with Gasteiger partial charge in [0.15, 0.2) is 11.6 Å². The van der Waals surface area contributed by atoms with Gasteiger partial charge in [0.1, 0.15) is 0 Å². The Morgan fingerprint density at radius 1 is 1.11 bits per heavy atom. The van der Waals surface area contributed by atoms with Crippen LogP contribution in [0.4, 0.5) is 14.5 Å². The average Bonchev–Trinajstić information content (AvgIpc) is 2.90. The quantitative estimate of drug-likeness (QED) is 0.623. The van der Waals surface area contributed by atoms with Crippen molar-refractivity contribution in [2.24, 2.45) is 11.8 Å². The molecule has 98 valence electrons. The smallest absolute Gasteiger partial charge is 0.182 e. The van der Waals surface area contributed by atoms with Crippen LogP contribution in [0.25, 0.3) is 0 Å². The lowest BCUT2D eigenvalue weighted by Crippen LogP contribution is -2.21. The van der Waals surface area contributed by atoms with Crippen molar-refractivity contribution in [1.82, 2.24) is 5.32 Å². The number of hydrogen-bond donors (Lipinski definition) is 2. The van der Waals surface area contributed by atoms with Gasteiger partial charge in [0.25, 0.3) is 0 Å². The molecule has 1 unspecified atom stereocenters. The molecule has 1 aromatic carbocycles. The molecule has 1 saturated heterocycles. The van der Waals surface area contributed by atoms with E-state index in [1.165, 1.54) is 0 Å². The van der Waals surface area contributed by atoms with E-state index in [4.69, 9.17) is 0 Å². The summed E-state index contributed by atoms with van der Waals surface area (Å²) < 4.78 is 27.5. The van der Waals surface area contributed by atoms with Gasteiger partial charge in [-0.15, -0.1) is 0 Å². The van der Waals surface area contributed by atoms with Gasteiger partial charge in [-0.2, -0.15) is 0 Å². The molecule has 0 bridgehead atoms. The minimum Gasteiger partial charge on any atom is -0.380 e. The molecule has 3 atom stereocenters. The van der Waals surface area contributed by atoms with E-state index in [0.717, 1.165) is 25.9 Å². The van der Waals surface area contributed by atoms with E-state index < -0.39 is 11.6 Å². The van der Waals surface area contributed by atoms with Crippen LogP contribution < -0.4 is 10.6 Å². The summed E-state index contributed by atoms with van der Waals surface area (Å²) in [6, 6.07) is 3.52. The van der Waals surface area contributed by atoms with Crippen LogP contribution in [-0.4, -0.2) is 19.1 Å². The van der Waals surface area contributed by atoms with Crippen molar-refractivity contribution >= 4 is 28.3 Å². The number of anilines is 1. The summed E-state index contributed by atoms with van der Waals surface area (Å²) >= 11 is 1.80. The van der Waals surface area contributed by atoms with Gasteiger partial charge in [-0.05, 0) is 72.5 Å². The number of rotatable bonds is 2. The van der Waals surface area contributed by atoms with E-state index >= 15 is 0 Å². The molecule has 0 amide bonds. The number of hydrogen-bond acceptors (Lipinski definition) is 2. The van der Waals surface area contributed by atoms with Crippen LogP contribution in [0, 0.1) is 27.0 Å². The second-order valence-corrected chi connectivity index (χ2v) is 6.38. The maximum Gasteiger partial charge on any atom is 0.182 e. The molecule has 3 rings (SSSR count). The third-order valence-electron chi connectivity index (χ3n) is 4.05. The van der Waals surface area contributed by atoms with Crippen molar-refractivity contribution < 1.29 is 8.78 Å². The van der Waals surface area contributed by atoms with Crippen molar-refractivity contribution in [3.8, 4) is 0 Å². The molecule has 1 aliphatic heterocycles. The number of benzene rings is 1. The molecule has 0 aromatic heterocycles. The summed E-state index contributed by atoms with van der Waals surface area (Å²) in [4.78, 5) is 0.